The molecule has 0 amide bonds. The van der Waals surface area contributed by atoms with Crippen LogP contribution >= 0.6 is 11.3 Å². The maximum absolute atomic E-state index is 8.79. The van der Waals surface area contributed by atoms with Crippen LogP contribution in [0, 0.1) is 11.8 Å². The maximum Gasteiger partial charge on any atom is 0.154 e. The predicted octanol–water partition coefficient (Wildman–Crippen LogP) is 3.16. The third-order valence-electron chi connectivity index (χ3n) is 3.22. The van der Waals surface area contributed by atoms with E-state index in [1.165, 1.54) is 0 Å². The number of nitrogens with one attached hydrogen (secondary N) is 1. The van der Waals surface area contributed by atoms with Crippen LogP contribution in [0.25, 0.3) is 16.4 Å². The third-order valence-corrected chi connectivity index (χ3v) is 4.22. The van der Waals surface area contributed by atoms with Gasteiger partial charge < -0.3 is 10.4 Å². The van der Waals surface area contributed by atoms with Gasteiger partial charge in [-0.2, -0.15) is 0 Å². The van der Waals surface area contributed by atoms with Gasteiger partial charge in [0.05, 0.1) is 21.6 Å². The van der Waals surface area contributed by atoms with Crippen molar-refractivity contribution in [2.75, 3.05) is 11.9 Å². The summed E-state index contributed by atoms with van der Waals surface area (Å²) in [7, 11) is 0. The first-order chi connectivity index (χ1) is 11.7. The van der Waals surface area contributed by atoms with E-state index in [0.29, 0.717) is 6.04 Å². The Labute approximate surface area is 145 Å². The number of rotatable bonds is 4. The van der Waals surface area contributed by atoms with Crippen LogP contribution in [-0.4, -0.2) is 32.3 Å². The van der Waals surface area contributed by atoms with Gasteiger partial charge in [-0.3, -0.25) is 4.57 Å². The van der Waals surface area contributed by atoms with Crippen molar-refractivity contribution < 1.29 is 5.11 Å². The number of hydrogen-bond donors (Lipinski definition) is 2. The first-order valence-electron chi connectivity index (χ1n) is 7.63. The van der Waals surface area contributed by atoms with Crippen LogP contribution in [0.5, 0.6) is 0 Å². The first-order valence-corrected chi connectivity index (χ1v) is 8.45. The Bertz CT molecular complexity index is 868. The van der Waals surface area contributed by atoms with E-state index in [1.807, 2.05) is 41.2 Å². The van der Waals surface area contributed by atoms with Crippen molar-refractivity contribution in [3.05, 3.63) is 47.7 Å². The van der Waals surface area contributed by atoms with Crippen molar-refractivity contribution in [3.63, 3.8) is 0 Å². The molecule has 0 bridgehead atoms. The molecule has 0 radical (unpaired) electrons. The summed E-state index contributed by atoms with van der Waals surface area (Å²) in [5.41, 5.74) is 0.952. The van der Waals surface area contributed by atoms with Gasteiger partial charge in [-0.1, -0.05) is 11.8 Å². The molecular formula is C18H18N4OS. The molecule has 0 saturated carbocycles. The summed E-state index contributed by atoms with van der Waals surface area (Å²) >= 11 is 1.55. The van der Waals surface area contributed by atoms with Crippen molar-refractivity contribution in [2.45, 2.75) is 19.9 Å². The summed E-state index contributed by atoms with van der Waals surface area (Å²) in [6.07, 6.45) is 5.52. The number of aromatic nitrogens is 3. The lowest BCUT2D eigenvalue weighted by atomic mass is 10.3. The molecule has 122 valence electrons. The van der Waals surface area contributed by atoms with E-state index in [4.69, 9.17) is 5.11 Å². The number of pyridine rings is 1. The van der Waals surface area contributed by atoms with E-state index in [1.54, 1.807) is 17.5 Å². The van der Waals surface area contributed by atoms with Gasteiger partial charge in [0.1, 0.15) is 12.4 Å². The van der Waals surface area contributed by atoms with Crippen LogP contribution in [0.4, 0.5) is 5.82 Å². The number of aliphatic hydroxyl groups excluding tert-OH is 1. The van der Waals surface area contributed by atoms with Crippen molar-refractivity contribution in [1.82, 2.24) is 14.5 Å². The Morgan fingerprint density at radius 3 is 2.83 bits per heavy atom. The van der Waals surface area contributed by atoms with Crippen LogP contribution in [-0.2, 0) is 0 Å². The molecule has 3 aromatic heterocycles. The van der Waals surface area contributed by atoms with E-state index in [9.17, 15) is 0 Å². The summed E-state index contributed by atoms with van der Waals surface area (Å²) < 4.78 is 2.00. The molecule has 5 nitrogen and oxygen atoms in total. The molecule has 24 heavy (non-hydrogen) atoms. The van der Waals surface area contributed by atoms with Crippen LogP contribution in [0.3, 0.4) is 0 Å². The molecule has 0 aliphatic rings. The Morgan fingerprint density at radius 1 is 1.25 bits per heavy atom. The molecule has 6 heteroatoms. The van der Waals surface area contributed by atoms with Gasteiger partial charge in [-0.05, 0) is 38.1 Å². The Balaban J connectivity index is 1.89. The zero-order valence-electron chi connectivity index (χ0n) is 13.5. The Morgan fingerprint density at radius 2 is 2.12 bits per heavy atom. The average Bonchev–Trinajstić information content (AvgIpc) is 3.22. The molecule has 0 unspecified atom stereocenters. The first kappa shape index (κ1) is 16.2. The zero-order chi connectivity index (χ0) is 16.9. The molecule has 0 atom stereocenters. The number of nitrogens with zero attached hydrogens (tertiary/aromatic N) is 3. The fourth-order valence-corrected chi connectivity index (χ4v) is 3.13. The number of imidazole rings is 1. The van der Waals surface area contributed by atoms with Crippen molar-refractivity contribution >= 4 is 17.2 Å². The normalized spacial score (nSPS) is 10.5. The van der Waals surface area contributed by atoms with Crippen molar-refractivity contribution in [3.8, 4) is 28.2 Å². The molecule has 0 saturated heterocycles. The van der Waals surface area contributed by atoms with Gasteiger partial charge >= 0.3 is 0 Å². The van der Waals surface area contributed by atoms with Crippen molar-refractivity contribution in [2.24, 2.45) is 0 Å². The highest BCUT2D eigenvalue weighted by Gasteiger charge is 2.10. The lowest BCUT2D eigenvalue weighted by Crippen LogP contribution is -2.11. The highest BCUT2D eigenvalue weighted by atomic mass is 32.1. The lowest BCUT2D eigenvalue weighted by molar-refractivity contribution is 0.350. The summed E-state index contributed by atoms with van der Waals surface area (Å²) in [5, 5.41) is 12.1. The molecule has 0 fully saturated rings. The van der Waals surface area contributed by atoms with Gasteiger partial charge in [0.15, 0.2) is 5.82 Å². The van der Waals surface area contributed by atoms with E-state index >= 15 is 0 Å². The molecule has 0 spiro atoms. The summed E-state index contributed by atoms with van der Waals surface area (Å²) in [4.78, 5) is 10.8. The van der Waals surface area contributed by atoms with Crippen LogP contribution in [0.2, 0.25) is 0 Å². The fourth-order valence-electron chi connectivity index (χ4n) is 2.26. The second kappa shape index (κ2) is 7.30. The number of anilines is 1. The molecule has 2 N–H and O–H groups in total. The molecule has 3 aromatic rings. The molecule has 0 aliphatic carbocycles. The SMILES string of the molecule is CC(C)Nc1ccc(-n2ccnc2-c2ccc(C#CCO)s2)cn1. The zero-order valence-corrected chi connectivity index (χ0v) is 14.3. The minimum Gasteiger partial charge on any atom is -0.384 e. The topological polar surface area (TPSA) is 63.0 Å². The quantitative estimate of drug-likeness (QED) is 0.717. The van der Waals surface area contributed by atoms with E-state index in [2.05, 4.69) is 41.0 Å². The van der Waals surface area contributed by atoms with E-state index < -0.39 is 0 Å². The van der Waals surface area contributed by atoms with Crippen LogP contribution in [0.1, 0.15) is 18.7 Å². The number of aliphatic hydroxyl groups is 1. The van der Waals surface area contributed by atoms with Crippen LogP contribution in [0.15, 0.2) is 42.9 Å². The molecule has 0 aliphatic heterocycles. The molecular weight excluding hydrogens is 320 g/mol. The average molecular weight is 338 g/mol. The standard InChI is InChI=1S/C18H18N4OS/c1-13(2)21-17-8-5-14(12-20-17)22-10-9-19-18(22)16-7-6-15(24-16)4-3-11-23/h5-10,12-13,23H,11H2,1-2H3,(H,20,21). The van der Waals surface area contributed by atoms with Gasteiger partial charge in [0.2, 0.25) is 0 Å². The highest BCUT2D eigenvalue weighted by molar-refractivity contribution is 7.15. The summed E-state index contributed by atoms with van der Waals surface area (Å²) in [6, 6.07) is 8.26. The number of hydrogen-bond acceptors (Lipinski definition) is 5. The number of thiophene rings is 1. The lowest BCUT2D eigenvalue weighted by Gasteiger charge is -2.10. The Kier molecular flexibility index (Phi) is 4.94. The minimum atomic E-state index is -0.135. The second-order valence-electron chi connectivity index (χ2n) is 5.45. The van der Waals surface area contributed by atoms with E-state index in [-0.39, 0.29) is 6.61 Å². The van der Waals surface area contributed by atoms with E-state index in [0.717, 1.165) is 27.1 Å². The Hall–Kier alpha value is -2.62. The van der Waals surface area contributed by atoms with Gasteiger partial charge in [0, 0.05) is 18.4 Å². The summed E-state index contributed by atoms with van der Waals surface area (Å²) in [6.45, 7) is 4.03. The van der Waals surface area contributed by atoms with Crippen molar-refractivity contribution in [1.29, 1.82) is 0 Å². The smallest absolute Gasteiger partial charge is 0.154 e. The predicted molar refractivity (Wildman–Crippen MR) is 97.4 cm³/mol. The largest absolute Gasteiger partial charge is 0.384 e. The second-order valence-corrected chi connectivity index (χ2v) is 6.53. The highest BCUT2D eigenvalue weighted by Crippen LogP contribution is 2.28. The monoisotopic (exact) mass is 338 g/mol. The summed E-state index contributed by atoms with van der Waals surface area (Å²) in [5.74, 6) is 7.29. The third kappa shape index (κ3) is 3.65. The molecule has 3 rings (SSSR count). The van der Waals surface area contributed by atoms with Gasteiger partial charge in [-0.15, -0.1) is 11.3 Å². The maximum atomic E-state index is 8.79. The fraction of sp³-hybridized carbons (Fsp3) is 0.222. The van der Waals surface area contributed by atoms with Gasteiger partial charge in [-0.25, -0.2) is 9.97 Å². The minimum absolute atomic E-state index is 0.135. The van der Waals surface area contributed by atoms with Crippen LogP contribution < -0.4 is 5.32 Å². The van der Waals surface area contributed by atoms with Gasteiger partial charge in [0.25, 0.3) is 0 Å². The molecule has 0 aromatic carbocycles. The molecule has 3 heterocycles.